The highest BCUT2D eigenvalue weighted by Crippen LogP contribution is 2.27. The van der Waals surface area contributed by atoms with Gasteiger partial charge in [0, 0.05) is 5.56 Å². The first-order chi connectivity index (χ1) is 6.97. The van der Waals surface area contributed by atoms with Gasteiger partial charge in [-0.1, -0.05) is 31.5 Å². The van der Waals surface area contributed by atoms with Crippen molar-refractivity contribution in [2.24, 2.45) is 5.73 Å². The zero-order valence-corrected chi connectivity index (χ0v) is 9.55. The maximum atomic E-state index is 13.6. The lowest BCUT2D eigenvalue weighted by Gasteiger charge is -2.14. The summed E-state index contributed by atoms with van der Waals surface area (Å²) in [6.07, 6.45) is 0. The van der Waals surface area contributed by atoms with Crippen molar-refractivity contribution in [3.63, 3.8) is 0 Å². The Kier molecular flexibility index (Phi) is 4.08. The molecule has 0 bridgehead atoms. The lowest BCUT2D eigenvalue weighted by Crippen LogP contribution is -2.16. The van der Waals surface area contributed by atoms with Gasteiger partial charge in [-0.25, -0.2) is 4.39 Å². The minimum absolute atomic E-state index is 0.0556. The van der Waals surface area contributed by atoms with E-state index in [9.17, 15) is 4.39 Å². The summed E-state index contributed by atoms with van der Waals surface area (Å²) in [6, 6.07) is 2.53. The van der Waals surface area contributed by atoms with E-state index < -0.39 is 11.9 Å². The molecule has 0 aliphatic heterocycles. The number of nitrogens with two attached hydrogens (primary N) is 1. The Morgan fingerprint density at radius 3 is 2.53 bits per heavy atom. The Balaban J connectivity index is 3.25. The van der Waals surface area contributed by atoms with Crippen molar-refractivity contribution in [3.05, 3.63) is 34.1 Å². The molecule has 0 aromatic heterocycles. The van der Waals surface area contributed by atoms with Gasteiger partial charge in [0.2, 0.25) is 0 Å². The monoisotopic (exact) mass is 231 g/mol. The van der Waals surface area contributed by atoms with Gasteiger partial charge < -0.3 is 10.8 Å². The third kappa shape index (κ3) is 2.68. The van der Waals surface area contributed by atoms with E-state index in [1.807, 2.05) is 13.8 Å². The second kappa shape index (κ2) is 4.92. The first kappa shape index (κ1) is 12.4. The Morgan fingerprint density at radius 2 is 2.07 bits per heavy atom. The maximum absolute atomic E-state index is 13.6. The van der Waals surface area contributed by atoms with E-state index in [-0.39, 0.29) is 23.1 Å². The zero-order chi connectivity index (χ0) is 11.6. The number of aliphatic hydroxyl groups is 1. The van der Waals surface area contributed by atoms with Crippen molar-refractivity contribution >= 4 is 11.6 Å². The van der Waals surface area contributed by atoms with Gasteiger partial charge in [0.15, 0.2) is 0 Å². The van der Waals surface area contributed by atoms with Crippen LogP contribution < -0.4 is 5.73 Å². The molecule has 0 fully saturated rings. The van der Waals surface area contributed by atoms with Crippen LogP contribution in [0.25, 0.3) is 0 Å². The molecular formula is C11H15ClFNO. The molecule has 0 radical (unpaired) electrons. The maximum Gasteiger partial charge on any atom is 0.146 e. The van der Waals surface area contributed by atoms with E-state index in [0.717, 1.165) is 5.56 Å². The van der Waals surface area contributed by atoms with Crippen LogP contribution >= 0.6 is 11.6 Å². The molecule has 0 aliphatic carbocycles. The largest absolute Gasteiger partial charge is 0.394 e. The average molecular weight is 232 g/mol. The fourth-order valence-electron chi connectivity index (χ4n) is 1.33. The van der Waals surface area contributed by atoms with Crippen LogP contribution in [0.3, 0.4) is 0 Å². The third-order valence-corrected chi connectivity index (χ3v) is 2.62. The number of benzene rings is 1. The molecule has 0 saturated carbocycles. The smallest absolute Gasteiger partial charge is 0.146 e. The SMILES string of the molecule is CC(C)c1cc(Cl)c(F)c(C(N)CO)c1. The number of rotatable bonds is 3. The number of aliphatic hydroxyl groups excluding tert-OH is 1. The quantitative estimate of drug-likeness (QED) is 0.840. The van der Waals surface area contributed by atoms with Gasteiger partial charge in [-0.2, -0.15) is 0 Å². The molecule has 84 valence electrons. The second-order valence-corrected chi connectivity index (χ2v) is 4.26. The number of hydrogen-bond donors (Lipinski definition) is 2. The molecule has 0 saturated heterocycles. The van der Waals surface area contributed by atoms with Crippen molar-refractivity contribution in [3.8, 4) is 0 Å². The second-order valence-electron chi connectivity index (χ2n) is 3.85. The lowest BCUT2D eigenvalue weighted by molar-refractivity contribution is 0.265. The van der Waals surface area contributed by atoms with Crippen LogP contribution in [-0.2, 0) is 0 Å². The van der Waals surface area contributed by atoms with Crippen molar-refractivity contribution in [2.45, 2.75) is 25.8 Å². The van der Waals surface area contributed by atoms with E-state index in [0.29, 0.717) is 0 Å². The topological polar surface area (TPSA) is 46.2 Å². The van der Waals surface area contributed by atoms with E-state index in [4.69, 9.17) is 22.4 Å². The molecule has 0 spiro atoms. The molecule has 2 nitrogen and oxygen atoms in total. The third-order valence-electron chi connectivity index (χ3n) is 2.34. The molecule has 1 unspecified atom stereocenters. The number of hydrogen-bond acceptors (Lipinski definition) is 2. The molecule has 0 heterocycles. The predicted molar refractivity (Wildman–Crippen MR) is 59.5 cm³/mol. The van der Waals surface area contributed by atoms with Crippen molar-refractivity contribution < 1.29 is 9.50 Å². The van der Waals surface area contributed by atoms with E-state index in [1.165, 1.54) is 0 Å². The fraction of sp³-hybridized carbons (Fsp3) is 0.455. The molecule has 4 heteroatoms. The van der Waals surface area contributed by atoms with Crippen LogP contribution in [0.15, 0.2) is 12.1 Å². The Hall–Kier alpha value is -0.640. The molecule has 3 N–H and O–H groups in total. The highest BCUT2D eigenvalue weighted by molar-refractivity contribution is 6.30. The fourth-order valence-corrected chi connectivity index (χ4v) is 1.57. The lowest BCUT2D eigenvalue weighted by atomic mass is 9.97. The average Bonchev–Trinajstić information content (AvgIpc) is 2.20. The summed E-state index contributed by atoms with van der Waals surface area (Å²) in [5.41, 5.74) is 6.77. The van der Waals surface area contributed by atoms with Crippen molar-refractivity contribution in [2.75, 3.05) is 6.61 Å². The molecule has 1 rings (SSSR count). The zero-order valence-electron chi connectivity index (χ0n) is 8.80. The molecule has 15 heavy (non-hydrogen) atoms. The van der Waals surface area contributed by atoms with Crippen LogP contribution in [0, 0.1) is 5.82 Å². The first-order valence-electron chi connectivity index (χ1n) is 4.82. The predicted octanol–water partition coefficient (Wildman–Crippen LogP) is 2.59. The van der Waals surface area contributed by atoms with Gasteiger partial charge in [0.05, 0.1) is 17.7 Å². The molecular weight excluding hydrogens is 217 g/mol. The van der Waals surface area contributed by atoms with Crippen molar-refractivity contribution in [1.29, 1.82) is 0 Å². The van der Waals surface area contributed by atoms with Crippen LogP contribution in [-0.4, -0.2) is 11.7 Å². The summed E-state index contributed by atoms with van der Waals surface area (Å²) in [7, 11) is 0. The summed E-state index contributed by atoms with van der Waals surface area (Å²) in [5.74, 6) is -0.296. The van der Waals surface area contributed by atoms with Crippen LogP contribution in [0.4, 0.5) is 4.39 Å². The van der Waals surface area contributed by atoms with Crippen molar-refractivity contribution in [1.82, 2.24) is 0 Å². The molecule has 0 amide bonds. The first-order valence-corrected chi connectivity index (χ1v) is 5.20. The van der Waals surface area contributed by atoms with Crippen LogP contribution in [0.5, 0.6) is 0 Å². The van der Waals surface area contributed by atoms with E-state index in [2.05, 4.69) is 0 Å². The summed E-state index contributed by atoms with van der Waals surface area (Å²) in [4.78, 5) is 0. The van der Waals surface area contributed by atoms with Crippen LogP contribution in [0.1, 0.15) is 36.9 Å². The van der Waals surface area contributed by atoms with Gasteiger partial charge in [-0.15, -0.1) is 0 Å². The minimum atomic E-state index is -0.721. The van der Waals surface area contributed by atoms with Crippen LogP contribution in [0.2, 0.25) is 5.02 Å². The number of halogens is 2. The summed E-state index contributed by atoms with van der Waals surface area (Å²) >= 11 is 5.75. The van der Waals surface area contributed by atoms with Gasteiger partial charge in [-0.3, -0.25) is 0 Å². The van der Waals surface area contributed by atoms with Gasteiger partial charge in [0.1, 0.15) is 5.82 Å². The molecule has 1 aromatic rings. The Bertz CT molecular complexity index is 355. The molecule has 1 atom stereocenters. The Morgan fingerprint density at radius 1 is 1.47 bits per heavy atom. The molecule has 1 aromatic carbocycles. The highest BCUT2D eigenvalue weighted by Gasteiger charge is 2.16. The van der Waals surface area contributed by atoms with Gasteiger partial charge >= 0.3 is 0 Å². The van der Waals surface area contributed by atoms with Gasteiger partial charge in [-0.05, 0) is 17.5 Å². The summed E-state index contributed by atoms with van der Waals surface area (Å²) < 4.78 is 13.6. The standard InChI is InChI=1S/C11H15ClFNO/c1-6(2)7-3-8(10(14)5-15)11(13)9(12)4-7/h3-4,6,10,15H,5,14H2,1-2H3. The van der Waals surface area contributed by atoms with E-state index >= 15 is 0 Å². The normalized spacial score (nSPS) is 13.3. The summed E-state index contributed by atoms with van der Waals surface area (Å²) in [6.45, 7) is 3.67. The van der Waals surface area contributed by atoms with E-state index in [1.54, 1.807) is 12.1 Å². The highest BCUT2D eigenvalue weighted by atomic mass is 35.5. The van der Waals surface area contributed by atoms with Gasteiger partial charge in [0.25, 0.3) is 0 Å². The Labute approximate surface area is 93.9 Å². The minimum Gasteiger partial charge on any atom is -0.394 e. The molecule has 0 aliphatic rings. The summed E-state index contributed by atoms with van der Waals surface area (Å²) in [5, 5.41) is 8.95.